The number of amides is 1. The molecule has 1 aromatic heterocycles. The van der Waals surface area contributed by atoms with E-state index in [0.717, 1.165) is 32.5 Å². The van der Waals surface area contributed by atoms with Crippen LogP contribution >= 0.6 is 0 Å². The summed E-state index contributed by atoms with van der Waals surface area (Å²) in [5, 5.41) is 0. The summed E-state index contributed by atoms with van der Waals surface area (Å²) in [5.74, 6) is -0.166. The molecule has 0 spiro atoms. The molecule has 0 unspecified atom stereocenters. The highest BCUT2D eigenvalue weighted by Gasteiger charge is 2.34. The van der Waals surface area contributed by atoms with Crippen molar-refractivity contribution in [3.8, 4) is 0 Å². The molecule has 2 rings (SSSR count). The van der Waals surface area contributed by atoms with E-state index in [1.165, 1.54) is 5.56 Å². The predicted octanol–water partition coefficient (Wildman–Crippen LogP) is 1.17. The van der Waals surface area contributed by atoms with Crippen molar-refractivity contribution in [1.82, 2.24) is 9.88 Å². The molecule has 0 radical (unpaired) electrons. The fourth-order valence-electron chi connectivity index (χ4n) is 2.20. The van der Waals surface area contributed by atoms with Crippen LogP contribution in [0.5, 0.6) is 0 Å². The first-order valence-corrected chi connectivity index (χ1v) is 6.01. The van der Waals surface area contributed by atoms with E-state index in [0.29, 0.717) is 0 Å². The third-order valence-electron chi connectivity index (χ3n) is 3.71. The minimum Gasteiger partial charge on any atom is -0.369 e. The van der Waals surface area contributed by atoms with E-state index in [2.05, 4.69) is 9.88 Å². The van der Waals surface area contributed by atoms with Crippen LogP contribution < -0.4 is 5.73 Å². The number of piperidine rings is 1. The minimum atomic E-state index is -0.311. The SMILES string of the molecule is CC1(C(N)=O)CCN(Cc2ccncc2)CC1. The Hall–Kier alpha value is -1.42. The van der Waals surface area contributed by atoms with Crippen molar-refractivity contribution >= 4 is 5.91 Å². The van der Waals surface area contributed by atoms with Gasteiger partial charge >= 0.3 is 0 Å². The smallest absolute Gasteiger partial charge is 0.223 e. The van der Waals surface area contributed by atoms with Gasteiger partial charge in [0.2, 0.25) is 5.91 Å². The number of nitrogens with two attached hydrogens (primary N) is 1. The van der Waals surface area contributed by atoms with Crippen molar-refractivity contribution < 1.29 is 4.79 Å². The molecule has 17 heavy (non-hydrogen) atoms. The average Bonchev–Trinajstić information content (AvgIpc) is 2.33. The van der Waals surface area contributed by atoms with Gasteiger partial charge in [-0.15, -0.1) is 0 Å². The molecular weight excluding hydrogens is 214 g/mol. The van der Waals surface area contributed by atoms with Gasteiger partial charge in [-0.3, -0.25) is 14.7 Å². The van der Waals surface area contributed by atoms with E-state index in [9.17, 15) is 4.79 Å². The average molecular weight is 233 g/mol. The lowest BCUT2D eigenvalue weighted by Crippen LogP contribution is -2.45. The number of aromatic nitrogens is 1. The van der Waals surface area contributed by atoms with Gasteiger partial charge in [-0.2, -0.15) is 0 Å². The molecule has 1 aliphatic heterocycles. The van der Waals surface area contributed by atoms with E-state index in [-0.39, 0.29) is 11.3 Å². The fraction of sp³-hybridized carbons (Fsp3) is 0.538. The molecule has 1 saturated heterocycles. The maximum absolute atomic E-state index is 11.3. The number of pyridine rings is 1. The standard InChI is InChI=1S/C13H19N3O/c1-13(12(14)17)4-8-16(9-5-13)10-11-2-6-15-7-3-11/h2-3,6-7H,4-5,8-10H2,1H3,(H2,14,17). The highest BCUT2D eigenvalue weighted by molar-refractivity contribution is 5.80. The number of hydrogen-bond acceptors (Lipinski definition) is 3. The number of rotatable bonds is 3. The van der Waals surface area contributed by atoms with Gasteiger partial charge in [0.25, 0.3) is 0 Å². The van der Waals surface area contributed by atoms with Crippen LogP contribution in [0, 0.1) is 5.41 Å². The van der Waals surface area contributed by atoms with E-state index in [1.54, 1.807) is 0 Å². The predicted molar refractivity (Wildman–Crippen MR) is 66.0 cm³/mol. The first-order chi connectivity index (χ1) is 8.10. The number of hydrogen-bond donors (Lipinski definition) is 1. The number of carbonyl (C=O) groups excluding carboxylic acids is 1. The highest BCUT2D eigenvalue weighted by Crippen LogP contribution is 2.30. The van der Waals surface area contributed by atoms with Crippen LogP contribution in [0.2, 0.25) is 0 Å². The van der Waals surface area contributed by atoms with Crippen LogP contribution in [0.1, 0.15) is 25.3 Å². The molecule has 1 aromatic rings. The second-order valence-electron chi connectivity index (χ2n) is 5.06. The Morgan fingerprint density at radius 2 is 2.00 bits per heavy atom. The Bertz CT molecular complexity index is 383. The second kappa shape index (κ2) is 4.84. The van der Waals surface area contributed by atoms with E-state index in [1.807, 2.05) is 31.5 Å². The van der Waals surface area contributed by atoms with Crippen LogP contribution in [-0.4, -0.2) is 28.9 Å². The van der Waals surface area contributed by atoms with Crippen molar-refractivity contribution in [2.24, 2.45) is 11.1 Å². The van der Waals surface area contributed by atoms with E-state index in [4.69, 9.17) is 5.73 Å². The number of nitrogens with zero attached hydrogens (tertiary/aromatic N) is 2. The van der Waals surface area contributed by atoms with Crippen LogP contribution in [-0.2, 0) is 11.3 Å². The van der Waals surface area contributed by atoms with Gasteiger partial charge in [0.05, 0.1) is 0 Å². The van der Waals surface area contributed by atoms with Crippen molar-refractivity contribution in [2.75, 3.05) is 13.1 Å². The Balaban J connectivity index is 1.90. The highest BCUT2D eigenvalue weighted by atomic mass is 16.1. The van der Waals surface area contributed by atoms with Crippen molar-refractivity contribution in [3.05, 3.63) is 30.1 Å². The summed E-state index contributed by atoms with van der Waals surface area (Å²) in [4.78, 5) is 17.7. The molecule has 0 atom stereocenters. The molecule has 1 amide bonds. The van der Waals surface area contributed by atoms with Crippen molar-refractivity contribution in [1.29, 1.82) is 0 Å². The van der Waals surface area contributed by atoms with Gasteiger partial charge in [-0.1, -0.05) is 6.92 Å². The molecule has 2 heterocycles. The second-order valence-corrected chi connectivity index (χ2v) is 5.06. The first kappa shape index (κ1) is 12.0. The van der Waals surface area contributed by atoms with Crippen LogP contribution in [0.3, 0.4) is 0 Å². The summed E-state index contributed by atoms with van der Waals surface area (Å²) in [6.07, 6.45) is 5.33. The number of likely N-dealkylation sites (tertiary alicyclic amines) is 1. The molecular formula is C13H19N3O. The van der Waals surface area contributed by atoms with Gasteiger partial charge in [-0.05, 0) is 43.6 Å². The maximum Gasteiger partial charge on any atom is 0.223 e. The molecule has 0 saturated carbocycles. The van der Waals surface area contributed by atoms with Gasteiger partial charge in [0.1, 0.15) is 0 Å². The van der Waals surface area contributed by atoms with E-state index >= 15 is 0 Å². The fourth-order valence-corrected chi connectivity index (χ4v) is 2.20. The van der Waals surface area contributed by atoms with Crippen LogP contribution in [0.4, 0.5) is 0 Å². The normalized spacial score (nSPS) is 20.1. The third kappa shape index (κ3) is 2.82. The minimum absolute atomic E-state index is 0.166. The largest absolute Gasteiger partial charge is 0.369 e. The van der Waals surface area contributed by atoms with Gasteiger partial charge < -0.3 is 5.73 Å². The third-order valence-corrected chi connectivity index (χ3v) is 3.71. The summed E-state index contributed by atoms with van der Waals surface area (Å²) >= 11 is 0. The topological polar surface area (TPSA) is 59.2 Å². The van der Waals surface area contributed by atoms with Crippen molar-refractivity contribution in [2.45, 2.75) is 26.3 Å². The maximum atomic E-state index is 11.3. The zero-order valence-corrected chi connectivity index (χ0v) is 10.2. The summed E-state index contributed by atoms with van der Waals surface area (Å²) in [6, 6.07) is 4.06. The van der Waals surface area contributed by atoms with E-state index < -0.39 is 0 Å². The monoisotopic (exact) mass is 233 g/mol. The molecule has 0 bridgehead atoms. The zero-order chi connectivity index (χ0) is 12.3. The Morgan fingerprint density at radius 1 is 1.41 bits per heavy atom. The first-order valence-electron chi connectivity index (χ1n) is 6.01. The molecule has 0 aliphatic carbocycles. The van der Waals surface area contributed by atoms with Crippen LogP contribution in [0.15, 0.2) is 24.5 Å². The Kier molecular flexibility index (Phi) is 3.43. The summed E-state index contributed by atoms with van der Waals surface area (Å²) in [5.41, 5.74) is 6.39. The molecule has 2 N–H and O–H groups in total. The lowest BCUT2D eigenvalue weighted by atomic mass is 9.80. The van der Waals surface area contributed by atoms with Gasteiger partial charge in [0.15, 0.2) is 0 Å². The lowest BCUT2D eigenvalue weighted by molar-refractivity contribution is -0.129. The summed E-state index contributed by atoms with van der Waals surface area (Å²) in [7, 11) is 0. The molecule has 4 nitrogen and oxygen atoms in total. The van der Waals surface area contributed by atoms with Gasteiger partial charge in [-0.25, -0.2) is 0 Å². The number of carbonyl (C=O) groups is 1. The molecule has 4 heteroatoms. The quantitative estimate of drug-likeness (QED) is 0.852. The molecule has 1 aliphatic rings. The summed E-state index contributed by atoms with van der Waals surface area (Å²) in [6.45, 7) is 4.76. The molecule has 0 aromatic carbocycles. The van der Waals surface area contributed by atoms with Crippen molar-refractivity contribution in [3.63, 3.8) is 0 Å². The zero-order valence-electron chi connectivity index (χ0n) is 10.2. The molecule has 92 valence electrons. The van der Waals surface area contributed by atoms with Crippen LogP contribution in [0.25, 0.3) is 0 Å². The molecule has 1 fully saturated rings. The summed E-state index contributed by atoms with van der Waals surface area (Å²) < 4.78 is 0. The lowest BCUT2D eigenvalue weighted by Gasteiger charge is -2.37. The van der Waals surface area contributed by atoms with Gasteiger partial charge in [0, 0.05) is 24.4 Å². The Labute approximate surface area is 102 Å². The number of primary amides is 1. The Morgan fingerprint density at radius 3 is 2.53 bits per heavy atom.